The molecule has 8 N–H and O–H groups in total. The Labute approximate surface area is 555 Å². The number of aromatic nitrogens is 6. The summed E-state index contributed by atoms with van der Waals surface area (Å²) in [4.78, 5) is 115. The first-order valence-electron chi connectivity index (χ1n) is 31.0. The Morgan fingerprint density at radius 2 is 0.750 bits per heavy atom. The van der Waals surface area contributed by atoms with Crippen molar-refractivity contribution in [2.75, 3.05) is 21.3 Å². The van der Waals surface area contributed by atoms with Gasteiger partial charge in [0.15, 0.2) is 5.78 Å². The molecule has 3 heterocycles. The van der Waals surface area contributed by atoms with Crippen LogP contribution in [0.3, 0.4) is 0 Å². The Hall–Kier alpha value is -12.0. The molecule has 3 aromatic heterocycles. The highest BCUT2D eigenvalue weighted by Crippen LogP contribution is 2.28. The quantitative estimate of drug-likeness (QED) is 0.0331. The van der Waals surface area contributed by atoms with Crippen molar-refractivity contribution in [1.82, 2.24) is 29.9 Å². The van der Waals surface area contributed by atoms with Crippen LogP contribution in [0.15, 0.2) is 200 Å². The number of H-pyrrole nitrogens is 3. The summed E-state index contributed by atoms with van der Waals surface area (Å²) in [5.74, 6) is 0.726. The zero-order valence-electron chi connectivity index (χ0n) is 53.3. The van der Waals surface area contributed by atoms with Gasteiger partial charge in [-0.2, -0.15) is 0 Å². The van der Waals surface area contributed by atoms with Crippen LogP contribution >= 0.6 is 0 Å². The van der Waals surface area contributed by atoms with Gasteiger partial charge >= 0.3 is 5.97 Å². The Balaban J connectivity index is 0.000000168. The fraction of sp³-hybridized carbons (Fsp3) is 0.182. The third-order valence-electron chi connectivity index (χ3n) is 14.9. The molecule has 19 heteroatoms. The number of amides is 4. The molecule has 0 bridgehead atoms. The van der Waals surface area contributed by atoms with E-state index in [0.29, 0.717) is 40.4 Å². The normalized spacial score (nSPS) is 10.6. The molecule has 0 aliphatic heterocycles. The van der Waals surface area contributed by atoms with Crippen LogP contribution in [0.5, 0.6) is 0 Å². The molecule has 9 aromatic carbocycles. The van der Waals surface area contributed by atoms with E-state index in [1.807, 2.05) is 148 Å². The van der Waals surface area contributed by atoms with Gasteiger partial charge in [-0.15, -0.1) is 0 Å². The Morgan fingerprint density at radius 1 is 0.375 bits per heavy atom. The van der Waals surface area contributed by atoms with Crippen LogP contribution in [0.1, 0.15) is 107 Å². The van der Waals surface area contributed by atoms with E-state index in [9.17, 15) is 38.4 Å². The van der Waals surface area contributed by atoms with E-state index in [0.717, 1.165) is 79.1 Å². The minimum atomic E-state index is -0.964. The number of nitrogens with one attached hydrogen (secondary N) is 7. The minimum Gasteiger partial charge on any atom is -0.481 e. The lowest BCUT2D eigenvalue weighted by Gasteiger charge is -2.05. The summed E-state index contributed by atoms with van der Waals surface area (Å²) in [7, 11) is 0. The molecule has 0 fully saturated rings. The summed E-state index contributed by atoms with van der Waals surface area (Å²) in [5.41, 5.74) is 14.6. The highest BCUT2D eigenvalue weighted by molar-refractivity contribution is 6.10. The second kappa shape index (κ2) is 33.5. The summed E-state index contributed by atoms with van der Waals surface area (Å²) >= 11 is 0. The number of aromatic amines is 3. The number of anilines is 4. The van der Waals surface area contributed by atoms with Crippen LogP contribution in [0.2, 0.25) is 0 Å². The number of fused-ring (bicyclic) bond motifs is 4. The molecule has 0 atom stereocenters. The van der Waals surface area contributed by atoms with Gasteiger partial charge < -0.3 is 50.9 Å². The fourth-order valence-electron chi connectivity index (χ4n) is 9.83. The molecule has 0 unspecified atom stereocenters. The van der Waals surface area contributed by atoms with E-state index in [1.54, 1.807) is 42.5 Å². The van der Waals surface area contributed by atoms with Crippen molar-refractivity contribution in [1.29, 1.82) is 0 Å². The summed E-state index contributed by atoms with van der Waals surface area (Å²) in [6, 6.07) is 63.0. The number of benzene rings is 9. The smallest absolute Gasteiger partial charge is 0.303 e. The number of imidazole rings is 3. The maximum atomic E-state index is 12.7. The molecule has 0 saturated carbocycles. The first-order chi connectivity index (χ1) is 45.8. The van der Waals surface area contributed by atoms with E-state index in [-0.39, 0.29) is 86.9 Å². The lowest BCUT2D eigenvalue weighted by Crippen LogP contribution is -2.12. The van der Waals surface area contributed by atoms with E-state index >= 15 is 0 Å². The first-order valence-corrected chi connectivity index (χ1v) is 31.0. The second-order valence-corrected chi connectivity index (χ2v) is 22.8. The summed E-state index contributed by atoms with van der Waals surface area (Å²) in [6.45, 7) is 8.94. The second-order valence-electron chi connectivity index (χ2n) is 22.8. The van der Waals surface area contributed by atoms with Crippen molar-refractivity contribution < 1.29 is 43.5 Å². The van der Waals surface area contributed by atoms with Crippen LogP contribution in [0.25, 0.3) is 78.0 Å². The van der Waals surface area contributed by atoms with E-state index in [4.69, 9.17) is 10.1 Å². The lowest BCUT2D eigenvalue weighted by molar-refractivity contribution is -0.138. The Morgan fingerprint density at radius 3 is 1.20 bits per heavy atom. The van der Waals surface area contributed by atoms with Crippen molar-refractivity contribution in [3.8, 4) is 34.2 Å². The van der Waals surface area contributed by atoms with Crippen LogP contribution in [-0.4, -0.2) is 82.0 Å². The van der Waals surface area contributed by atoms with E-state index in [2.05, 4.69) is 76.5 Å². The maximum absolute atomic E-state index is 12.7. The topological polar surface area (TPSA) is 291 Å². The number of hydrogen-bond donors (Lipinski definition) is 8. The summed E-state index contributed by atoms with van der Waals surface area (Å²) < 4.78 is 0. The zero-order valence-corrected chi connectivity index (χ0v) is 53.3. The minimum absolute atomic E-state index is 0. The molecule has 12 rings (SSSR count). The van der Waals surface area contributed by atoms with Gasteiger partial charge in [-0.3, -0.25) is 28.8 Å². The van der Waals surface area contributed by atoms with Crippen molar-refractivity contribution in [3.63, 3.8) is 0 Å². The first kappa shape index (κ1) is 69.9. The average molecular weight is 1290 g/mol. The SMILES string of the molecule is C.CC(=O)CCC(=O)Nc1ccc(-c2nc3ccc(C(=O)c4ccccc4)cc3[nH]2)cc1.CC(=O)CCC(=O)Nc1ccc(-c2nc3ccc(C)cc3[nH]2)cc1.CCCC(=O)Nc1ccc(-c2nc3cc4ccccc4cc3[nH]2)cc1.Cc1ccc(NC(=O)CCC(=O)O)cc1. The molecular formula is C77H76N10O9. The Kier molecular flexibility index (Phi) is 24.4. The lowest BCUT2D eigenvalue weighted by atomic mass is 10.0. The number of Topliss-reactive ketones (excluding diaryl/α,β-unsaturated/α-hetero) is 2. The third kappa shape index (κ3) is 20.3. The molecule has 0 spiro atoms. The van der Waals surface area contributed by atoms with Crippen molar-refractivity contribution in [3.05, 3.63) is 222 Å². The van der Waals surface area contributed by atoms with Gasteiger partial charge in [0.25, 0.3) is 0 Å². The number of hydrogen-bond acceptors (Lipinski definition) is 11. The van der Waals surface area contributed by atoms with Crippen LogP contribution in [0, 0.1) is 13.8 Å². The molecular weight excluding hydrogens is 1210 g/mol. The number of carbonyl (C=O) groups is 8. The predicted molar refractivity (Wildman–Crippen MR) is 381 cm³/mol. The van der Waals surface area contributed by atoms with Gasteiger partial charge in [0.05, 0.1) is 39.5 Å². The van der Waals surface area contributed by atoms with Crippen LogP contribution in [-0.2, 0) is 33.6 Å². The number of rotatable bonds is 20. The van der Waals surface area contributed by atoms with E-state index in [1.165, 1.54) is 30.2 Å². The molecule has 488 valence electrons. The number of carboxylic acid groups (broad SMARTS) is 1. The summed E-state index contributed by atoms with van der Waals surface area (Å²) in [6.07, 6.45) is 2.13. The summed E-state index contributed by atoms with van der Waals surface area (Å²) in [5, 5.41) is 21.9. The standard InChI is InChI=1S/C25H21N3O3.C21H19N3O.C19H19N3O2.C11H13NO3.CH4/c1-16(29)7-14-23(30)26-20-11-8-18(9-12-20)25-27-21-13-10-19(15-22(21)28-25)24(31)17-5-3-2-4-6-17;1-2-5-20(25)22-17-10-8-14(9-11-17)21-23-18-12-15-6-3-4-7-16(15)13-19(18)24-21;1-12-3-9-16-17(11-12)22-19(21-16)14-5-7-15(8-6-14)20-18(24)10-4-13(2)23;1-8-2-4-9(5-3-8)12-10(13)6-7-11(14)15;/h2-6,8-13,15H,7,14H2,1H3,(H,26,30)(H,27,28);3-4,6-13H,2,5H2,1H3,(H,22,25)(H,23,24);3,5-9,11H,4,10H2,1-2H3,(H,20,24)(H,21,22);2-5H,6-7H2,1H3,(H,12,13)(H,14,15);1H4. The number of carboxylic acids is 1. The highest BCUT2D eigenvalue weighted by atomic mass is 16.4. The number of aryl methyl sites for hydroxylation is 2. The van der Waals surface area contributed by atoms with Crippen molar-refractivity contribution in [2.24, 2.45) is 0 Å². The number of nitrogens with zero attached hydrogens (tertiary/aromatic N) is 3. The molecule has 0 aliphatic carbocycles. The monoisotopic (exact) mass is 1280 g/mol. The van der Waals surface area contributed by atoms with Gasteiger partial charge in [0, 0.05) is 89.1 Å². The largest absolute Gasteiger partial charge is 0.481 e. The van der Waals surface area contributed by atoms with Crippen LogP contribution in [0.4, 0.5) is 22.7 Å². The third-order valence-corrected chi connectivity index (χ3v) is 14.9. The number of carbonyl (C=O) groups excluding carboxylic acids is 7. The average Bonchev–Trinajstić information content (AvgIpc) is 1.64. The molecule has 0 aliphatic rings. The highest BCUT2D eigenvalue weighted by Gasteiger charge is 2.15. The molecule has 0 radical (unpaired) electrons. The maximum Gasteiger partial charge on any atom is 0.303 e. The molecule has 0 saturated heterocycles. The van der Waals surface area contributed by atoms with Gasteiger partial charge in [-0.05, 0) is 178 Å². The molecule has 4 amide bonds. The van der Waals surface area contributed by atoms with Crippen molar-refractivity contribution in [2.45, 2.75) is 93.4 Å². The van der Waals surface area contributed by atoms with Crippen LogP contribution < -0.4 is 21.3 Å². The van der Waals surface area contributed by atoms with Gasteiger partial charge in [-0.1, -0.05) is 92.7 Å². The van der Waals surface area contributed by atoms with Gasteiger partial charge in [0.1, 0.15) is 29.0 Å². The zero-order chi connectivity index (χ0) is 67.4. The molecule has 19 nitrogen and oxygen atoms in total. The number of ketones is 3. The predicted octanol–water partition coefficient (Wildman–Crippen LogP) is 16.2. The molecule has 96 heavy (non-hydrogen) atoms. The fourth-order valence-corrected chi connectivity index (χ4v) is 9.83. The number of aliphatic carboxylic acids is 1. The Bertz CT molecular complexity index is 4660. The van der Waals surface area contributed by atoms with Gasteiger partial charge in [-0.25, -0.2) is 15.0 Å². The van der Waals surface area contributed by atoms with Gasteiger partial charge in [0.2, 0.25) is 23.6 Å². The van der Waals surface area contributed by atoms with E-state index < -0.39 is 5.97 Å². The molecule has 12 aromatic rings. The van der Waals surface area contributed by atoms with Crippen molar-refractivity contribution >= 4 is 114 Å².